The number of hydrogen-bond donors (Lipinski definition) is 2. The summed E-state index contributed by atoms with van der Waals surface area (Å²) < 4.78 is 10.9. The first-order valence-corrected chi connectivity index (χ1v) is 9.63. The zero-order valence-electron chi connectivity index (χ0n) is 16.8. The standard InChI is InChI=1S/C23H23NO6/c1-3-16-11-17-14(2)9-22(26)30-20(17)12-19(16)29-13-21(25)24-18(23(27)28)10-15-7-5-4-6-8-15/h4-9,11-12,18H,3,10,13H2,1-2H3,(H,24,25)(H,27,28)/t18-/m0/s1. The number of aliphatic carboxylic acids is 1. The highest BCUT2D eigenvalue weighted by molar-refractivity contribution is 5.85. The van der Waals surface area contributed by atoms with Gasteiger partial charge in [0.1, 0.15) is 17.4 Å². The van der Waals surface area contributed by atoms with Gasteiger partial charge in [-0.2, -0.15) is 0 Å². The fraction of sp³-hybridized carbons (Fsp3) is 0.261. The van der Waals surface area contributed by atoms with Crippen LogP contribution in [0.5, 0.6) is 5.75 Å². The van der Waals surface area contributed by atoms with Crippen LogP contribution in [-0.4, -0.2) is 29.6 Å². The SMILES string of the molecule is CCc1cc2c(C)cc(=O)oc2cc1OCC(=O)N[C@@H](Cc1ccccc1)C(=O)O. The summed E-state index contributed by atoms with van der Waals surface area (Å²) in [7, 11) is 0. The van der Waals surface area contributed by atoms with Crippen molar-refractivity contribution >= 4 is 22.8 Å². The van der Waals surface area contributed by atoms with E-state index in [0.717, 1.165) is 22.1 Å². The lowest BCUT2D eigenvalue weighted by Crippen LogP contribution is -2.44. The van der Waals surface area contributed by atoms with Gasteiger partial charge in [-0.25, -0.2) is 9.59 Å². The van der Waals surface area contributed by atoms with E-state index in [2.05, 4.69) is 5.32 Å². The van der Waals surface area contributed by atoms with Crippen LogP contribution in [0, 0.1) is 6.92 Å². The van der Waals surface area contributed by atoms with E-state index in [9.17, 15) is 19.5 Å². The molecule has 7 nitrogen and oxygen atoms in total. The van der Waals surface area contributed by atoms with Crippen LogP contribution >= 0.6 is 0 Å². The minimum absolute atomic E-state index is 0.169. The van der Waals surface area contributed by atoms with E-state index in [1.165, 1.54) is 6.07 Å². The maximum atomic E-state index is 12.3. The molecule has 30 heavy (non-hydrogen) atoms. The Bertz CT molecular complexity index is 1120. The zero-order valence-corrected chi connectivity index (χ0v) is 16.8. The highest BCUT2D eigenvalue weighted by Gasteiger charge is 2.21. The van der Waals surface area contributed by atoms with Crippen LogP contribution in [0.15, 0.2) is 57.7 Å². The van der Waals surface area contributed by atoms with Crippen LogP contribution < -0.4 is 15.7 Å². The van der Waals surface area contributed by atoms with Crippen LogP contribution in [0.4, 0.5) is 0 Å². The Morgan fingerprint density at radius 1 is 1.17 bits per heavy atom. The highest BCUT2D eigenvalue weighted by atomic mass is 16.5. The molecule has 0 aliphatic rings. The number of fused-ring (bicyclic) bond motifs is 1. The van der Waals surface area contributed by atoms with Crippen molar-refractivity contribution in [1.82, 2.24) is 5.32 Å². The Kier molecular flexibility index (Phi) is 6.51. The number of nitrogens with one attached hydrogen (secondary N) is 1. The molecule has 2 aromatic carbocycles. The van der Waals surface area contributed by atoms with Crippen LogP contribution in [0.25, 0.3) is 11.0 Å². The normalized spacial score (nSPS) is 11.8. The van der Waals surface area contributed by atoms with E-state index in [0.29, 0.717) is 17.8 Å². The molecule has 0 aliphatic heterocycles. The second-order valence-electron chi connectivity index (χ2n) is 6.99. The molecule has 1 atom stereocenters. The van der Waals surface area contributed by atoms with Crippen molar-refractivity contribution in [2.24, 2.45) is 0 Å². The smallest absolute Gasteiger partial charge is 0.336 e. The van der Waals surface area contributed by atoms with Crippen molar-refractivity contribution in [3.05, 3.63) is 75.6 Å². The van der Waals surface area contributed by atoms with E-state index in [-0.39, 0.29) is 13.0 Å². The molecule has 0 fully saturated rings. The summed E-state index contributed by atoms with van der Waals surface area (Å²) in [5.41, 5.74) is 2.37. The molecule has 0 saturated heterocycles. The molecule has 7 heteroatoms. The second kappa shape index (κ2) is 9.26. The third-order valence-corrected chi connectivity index (χ3v) is 4.79. The summed E-state index contributed by atoms with van der Waals surface area (Å²) in [4.78, 5) is 35.5. The van der Waals surface area contributed by atoms with E-state index in [1.54, 1.807) is 18.2 Å². The average Bonchev–Trinajstić information content (AvgIpc) is 2.71. The number of hydrogen-bond acceptors (Lipinski definition) is 5. The third-order valence-electron chi connectivity index (χ3n) is 4.79. The topological polar surface area (TPSA) is 106 Å². The number of amides is 1. The van der Waals surface area contributed by atoms with Gasteiger partial charge in [0.05, 0.1) is 0 Å². The maximum absolute atomic E-state index is 12.3. The quantitative estimate of drug-likeness (QED) is 0.554. The molecular weight excluding hydrogens is 386 g/mol. The van der Waals surface area contributed by atoms with Gasteiger partial charge in [0.15, 0.2) is 6.61 Å². The van der Waals surface area contributed by atoms with Gasteiger partial charge in [-0.05, 0) is 36.1 Å². The van der Waals surface area contributed by atoms with Crippen molar-refractivity contribution in [2.75, 3.05) is 6.61 Å². The van der Waals surface area contributed by atoms with Crippen molar-refractivity contribution in [1.29, 1.82) is 0 Å². The summed E-state index contributed by atoms with van der Waals surface area (Å²) in [5, 5.41) is 12.7. The number of carboxylic acids is 1. The van der Waals surface area contributed by atoms with Gasteiger partial charge in [-0.1, -0.05) is 37.3 Å². The van der Waals surface area contributed by atoms with E-state index < -0.39 is 23.5 Å². The average molecular weight is 409 g/mol. The van der Waals surface area contributed by atoms with E-state index in [1.807, 2.05) is 38.1 Å². The fourth-order valence-electron chi connectivity index (χ4n) is 3.23. The number of carbonyl (C=O) groups excluding carboxylic acids is 1. The molecule has 0 saturated carbocycles. The number of ether oxygens (including phenoxy) is 1. The first-order valence-electron chi connectivity index (χ1n) is 9.63. The minimum Gasteiger partial charge on any atom is -0.483 e. The lowest BCUT2D eigenvalue weighted by molar-refractivity contribution is -0.142. The Balaban J connectivity index is 1.72. The molecule has 1 aromatic heterocycles. The monoisotopic (exact) mass is 409 g/mol. The van der Waals surface area contributed by atoms with Gasteiger partial charge in [-0.3, -0.25) is 4.79 Å². The highest BCUT2D eigenvalue weighted by Crippen LogP contribution is 2.27. The van der Waals surface area contributed by atoms with Crippen LogP contribution in [0.3, 0.4) is 0 Å². The van der Waals surface area contributed by atoms with Crippen molar-refractivity contribution in [3.63, 3.8) is 0 Å². The summed E-state index contributed by atoms with van der Waals surface area (Å²) in [5.74, 6) is -1.25. The van der Waals surface area contributed by atoms with Crippen LogP contribution in [0.2, 0.25) is 0 Å². The predicted octanol–water partition coefficient (Wildman–Crippen LogP) is 2.85. The second-order valence-corrected chi connectivity index (χ2v) is 6.99. The number of rotatable bonds is 8. The first kappa shape index (κ1) is 21.1. The molecule has 1 heterocycles. The largest absolute Gasteiger partial charge is 0.483 e. The molecule has 3 rings (SSSR count). The first-order chi connectivity index (χ1) is 14.4. The summed E-state index contributed by atoms with van der Waals surface area (Å²) in [6.07, 6.45) is 0.819. The lowest BCUT2D eigenvalue weighted by atomic mass is 10.1. The molecule has 0 unspecified atom stereocenters. The Morgan fingerprint density at radius 3 is 2.57 bits per heavy atom. The summed E-state index contributed by atoms with van der Waals surface area (Å²) in [6, 6.07) is 12.9. The zero-order chi connectivity index (χ0) is 21.7. The van der Waals surface area contributed by atoms with Gasteiger partial charge in [0.2, 0.25) is 0 Å². The third kappa shape index (κ3) is 5.05. The number of carboxylic acid groups (broad SMARTS) is 1. The van der Waals surface area contributed by atoms with E-state index in [4.69, 9.17) is 9.15 Å². The molecule has 0 bridgehead atoms. The molecule has 0 radical (unpaired) electrons. The van der Waals surface area contributed by atoms with Crippen molar-refractivity contribution in [3.8, 4) is 5.75 Å². The van der Waals surface area contributed by atoms with Crippen LogP contribution in [0.1, 0.15) is 23.6 Å². The molecular formula is C23H23NO6. The molecule has 1 amide bonds. The maximum Gasteiger partial charge on any atom is 0.336 e. The summed E-state index contributed by atoms with van der Waals surface area (Å²) >= 11 is 0. The van der Waals surface area contributed by atoms with Gasteiger partial charge in [0, 0.05) is 23.9 Å². The molecule has 3 aromatic rings. The number of carbonyl (C=O) groups is 2. The van der Waals surface area contributed by atoms with Gasteiger partial charge in [0.25, 0.3) is 5.91 Å². The van der Waals surface area contributed by atoms with Crippen LogP contribution in [-0.2, 0) is 22.4 Å². The Hall–Kier alpha value is -3.61. The van der Waals surface area contributed by atoms with Gasteiger partial charge < -0.3 is 19.6 Å². The predicted molar refractivity (Wildman–Crippen MR) is 112 cm³/mol. The van der Waals surface area contributed by atoms with E-state index >= 15 is 0 Å². The molecule has 0 spiro atoms. The van der Waals surface area contributed by atoms with Gasteiger partial charge in [-0.15, -0.1) is 0 Å². The molecule has 2 N–H and O–H groups in total. The lowest BCUT2D eigenvalue weighted by Gasteiger charge is -2.16. The summed E-state index contributed by atoms with van der Waals surface area (Å²) in [6.45, 7) is 3.42. The fourth-order valence-corrected chi connectivity index (χ4v) is 3.23. The number of aryl methyl sites for hydroxylation is 2. The Morgan fingerprint density at radius 2 is 1.90 bits per heavy atom. The minimum atomic E-state index is -1.12. The van der Waals surface area contributed by atoms with Crippen molar-refractivity contribution in [2.45, 2.75) is 32.7 Å². The Labute approximate surface area is 173 Å². The molecule has 0 aliphatic carbocycles. The van der Waals surface area contributed by atoms with Crippen molar-refractivity contribution < 1.29 is 23.8 Å². The molecule has 156 valence electrons. The number of benzene rings is 2. The van der Waals surface area contributed by atoms with Gasteiger partial charge >= 0.3 is 11.6 Å².